The van der Waals surface area contributed by atoms with Crippen LogP contribution in [0.1, 0.15) is 22.3 Å². The summed E-state index contributed by atoms with van der Waals surface area (Å²) < 4.78 is 72.2. The first kappa shape index (κ1) is 24.9. The van der Waals surface area contributed by atoms with Crippen molar-refractivity contribution < 1.29 is 21.2 Å². The van der Waals surface area contributed by atoms with Crippen molar-refractivity contribution in [3.63, 3.8) is 0 Å². The van der Waals surface area contributed by atoms with E-state index in [0.29, 0.717) is 0 Å². The number of nitriles is 1. The zero-order valence-corrected chi connectivity index (χ0v) is 20.6. The number of hydrogen-bond donors (Lipinski definition) is 2. The first-order valence-corrected chi connectivity index (χ1v) is 13.6. The van der Waals surface area contributed by atoms with Gasteiger partial charge in [-0.2, -0.15) is 5.26 Å². The molecule has 0 aliphatic heterocycles. The Bertz CT molecular complexity index is 1690. The van der Waals surface area contributed by atoms with E-state index in [1.54, 1.807) is 37.3 Å². The van der Waals surface area contributed by atoms with Crippen molar-refractivity contribution in [2.45, 2.75) is 16.7 Å². The number of hydrogen-bond acceptors (Lipinski definition) is 5. The molecule has 10 heteroatoms. The van der Waals surface area contributed by atoms with Gasteiger partial charge < -0.3 is 4.98 Å². The van der Waals surface area contributed by atoms with E-state index in [9.17, 15) is 16.8 Å². The lowest BCUT2D eigenvalue weighted by atomic mass is 10.1. The van der Waals surface area contributed by atoms with Gasteiger partial charge >= 0.3 is 0 Å². The molecule has 0 unspecified atom stereocenters. The summed E-state index contributed by atoms with van der Waals surface area (Å²) in [7, 11) is -8.75. The predicted molar refractivity (Wildman–Crippen MR) is 134 cm³/mol. The van der Waals surface area contributed by atoms with Crippen LogP contribution in [0.4, 0.5) is 4.39 Å². The molecule has 0 aliphatic rings. The van der Waals surface area contributed by atoms with Crippen LogP contribution in [0.2, 0.25) is 0 Å². The zero-order chi connectivity index (χ0) is 25.9. The molecular formula is C26H20FN3O4S2. The van der Waals surface area contributed by atoms with Gasteiger partial charge in [-0.1, -0.05) is 48.0 Å². The summed E-state index contributed by atoms with van der Waals surface area (Å²) >= 11 is 0. The third-order valence-electron chi connectivity index (χ3n) is 5.35. The maximum atomic E-state index is 15.3. The van der Waals surface area contributed by atoms with Gasteiger partial charge in [-0.25, -0.2) is 21.2 Å². The molecule has 1 heterocycles. The molecule has 0 spiro atoms. The molecule has 0 saturated carbocycles. The lowest BCUT2D eigenvalue weighted by Gasteiger charge is -2.19. The number of aromatic amines is 1. The largest absolute Gasteiger partial charge is 0.366 e. The van der Waals surface area contributed by atoms with Crippen molar-refractivity contribution >= 4 is 30.5 Å². The number of rotatable bonds is 7. The summed E-state index contributed by atoms with van der Waals surface area (Å²) in [5, 5.41) is 9.16. The SMILES string of the molecule is Cc1ccc(S(=O)(=O)/C(=C(\NS(=O)(=O)c2cc[nH]c2)c2ccccc2)c2ccc(C#N)cc2F)cc1. The Balaban J connectivity index is 2.10. The summed E-state index contributed by atoms with van der Waals surface area (Å²) in [5.41, 5.74) is 0.273. The van der Waals surface area contributed by atoms with Gasteiger partial charge in [0.05, 0.1) is 22.2 Å². The second kappa shape index (κ2) is 9.81. The molecule has 4 rings (SSSR count). The van der Waals surface area contributed by atoms with E-state index in [2.05, 4.69) is 9.71 Å². The smallest absolute Gasteiger partial charge is 0.263 e. The Hall–Kier alpha value is -4.20. The van der Waals surface area contributed by atoms with Crippen LogP contribution in [0.15, 0.2) is 101 Å². The summed E-state index contributed by atoms with van der Waals surface area (Å²) in [6.45, 7) is 1.79. The molecule has 0 amide bonds. The van der Waals surface area contributed by atoms with Crippen molar-refractivity contribution in [1.82, 2.24) is 9.71 Å². The Kier molecular flexibility index (Phi) is 6.79. The predicted octanol–water partition coefficient (Wildman–Crippen LogP) is 4.61. The Morgan fingerprint density at radius 2 is 1.61 bits per heavy atom. The first-order valence-electron chi connectivity index (χ1n) is 10.6. The van der Waals surface area contributed by atoms with E-state index in [4.69, 9.17) is 5.26 Å². The number of nitrogens with zero attached hydrogens (tertiary/aromatic N) is 1. The number of aryl methyl sites for hydroxylation is 1. The van der Waals surface area contributed by atoms with Crippen molar-refractivity contribution in [2.75, 3.05) is 0 Å². The quantitative estimate of drug-likeness (QED) is 0.344. The fourth-order valence-electron chi connectivity index (χ4n) is 3.53. The van der Waals surface area contributed by atoms with Gasteiger partial charge in [0.1, 0.15) is 15.6 Å². The Morgan fingerprint density at radius 1 is 0.917 bits per heavy atom. The highest BCUT2D eigenvalue weighted by atomic mass is 32.2. The van der Waals surface area contributed by atoms with Crippen molar-refractivity contribution in [1.29, 1.82) is 5.26 Å². The molecular weight excluding hydrogens is 501 g/mol. The molecule has 0 fully saturated rings. The standard InChI is InChI=1S/C26H20FN3O4S2/c1-18-7-10-21(11-8-18)35(31,32)26(23-12-9-19(16-28)15-24(23)27)25(20-5-3-2-4-6-20)30-36(33,34)22-13-14-29-17-22/h2-15,17,29-30H,1H3/b26-25-. The van der Waals surface area contributed by atoms with E-state index in [-0.39, 0.29) is 32.2 Å². The summed E-state index contributed by atoms with van der Waals surface area (Å²) in [4.78, 5) is 1.78. The molecule has 3 aromatic carbocycles. The lowest BCUT2D eigenvalue weighted by Crippen LogP contribution is -2.25. The van der Waals surface area contributed by atoms with Crippen LogP contribution in [0.25, 0.3) is 10.6 Å². The lowest BCUT2D eigenvalue weighted by molar-refractivity contribution is 0.591. The van der Waals surface area contributed by atoms with E-state index in [0.717, 1.165) is 17.7 Å². The summed E-state index contributed by atoms with van der Waals surface area (Å²) in [5.74, 6) is -0.992. The van der Waals surface area contributed by atoms with Gasteiger partial charge in [0, 0.05) is 18.0 Å². The van der Waals surface area contributed by atoms with Gasteiger partial charge in [0.15, 0.2) is 0 Å². The van der Waals surface area contributed by atoms with Gasteiger partial charge in [0.25, 0.3) is 10.0 Å². The average molecular weight is 522 g/mol. The van der Waals surface area contributed by atoms with Gasteiger partial charge in [0.2, 0.25) is 9.84 Å². The molecule has 4 aromatic rings. The molecule has 0 aliphatic carbocycles. The van der Waals surface area contributed by atoms with E-state index < -0.39 is 30.6 Å². The molecule has 0 saturated heterocycles. The number of H-pyrrole nitrogens is 1. The third-order valence-corrected chi connectivity index (χ3v) is 8.55. The molecule has 0 atom stereocenters. The van der Waals surface area contributed by atoms with E-state index >= 15 is 4.39 Å². The molecule has 7 nitrogen and oxygen atoms in total. The highest BCUT2D eigenvalue weighted by Crippen LogP contribution is 2.36. The average Bonchev–Trinajstić information content (AvgIpc) is 3.41. The van der Waals surface area contributed by atoms with Gasteiger partial charge in [-0.05, 0) is 48.9 Å². The fourth-order valence-corrected chi connectivity index (χ4v) is 6.29. The number of sulfone groups is 1. The van der Waals surface area contributed by atoms with E-state index in [1.165, 1.54) is 48.8 Å². The third kappa shape index (κ3) is 4.93. The highest BCUT2D eigenvalue weighted by Gasteiger charge is 2.31. The Morgan fingerprint density at radius 3 is 2.19 bits per heavy atom. The second-order valence-electron chi connectivity index (χ2n) is 7.85. The maximum absolute atomic E-state index is 15.3. The van der Waals surface area contributed by atoms with Gasteiger partial charge in [-0.3, -0.25) is 4.72 Å². The molecule has 36 heavy (non-hydrogen) atoms. The second-order valence-corrected chi connectivity index (χ2v) is 11.4. The van der Waals surface area contributed by atoms with Crippen LogP contribution in [-0.4, -0.2) is 21.8 Å². The van der Waals surface area contributed by atoms with Crippen LogP contribution in [0.3, 0.4) is 0 Å². The number of nitrogens with one attached hydrogen (secondary N) is 2. The topological polar surface area (TPSA) is 120 Å². The number of aromatic nitrogens is 1. The zero-order valence-electron chi connectivity index (χ0n) is 18.9. The van der Waals surface area contributed by atoms with Crippen LogP contribution < -0.4 is 4.72 Å². The number of sulfonamides is 1. The minimum atomic E-state index is -4.48. The highest BCUT2D eigenvalue weighted by molar-refractivity contribution is 8.01. The Labute approximate surface area is 208 Å². The molecule has 0 bridgehead atoms. The monoisotopic (exact) mass is 521 g/mol. The molecule has 182 valence electrons. The van der Waals surface area contributed by atoms with Crippen LogP contribution >= 0.6 is 0 Å². The molecule has 0 radical (unpaired) electrons. The number of benzene rings is 3. The van der Waals surface area contributed by atoms with Crippen LogP contribution in [0, 0.1) is 24.1 Å². The fraction of sp³-hybridized carbons (Fsp3) is 0.0385. The normalized spacial score (nSPS) is 12.5. The first-order chi connectivity index (χ1) is 17.1. The molecule has 1 aromatic heterocycles. The maximum Gasteiger partial charge on any atom is 0.263 e. The van der Waals surface area contributed by atoms with E-state index in [1.807, 2.05) is 6.07 Å². The van der Waals surface area contributed by atoms with Crippen LogP contribution in [-0.2, 0) is 19.9 Å². The minimum absolute atomic E-state index is 0.0162. The van der Waals surface area contributed by atoms with Gasteiger partial charge in [-0.15, -0.1) is 0 Å². The van der Waals surface area contributed by atoms with Crippen molar-refractivity contribution in [2.24, 2.45) is 0 Å². The number of halogens is 1. The van der Waals surface area contributed by atoms with Crippen molar-refractivity contribution in [3.05, 3.63) is 119 Å². The molecule has 2 N–H and O–H groups in total. The minimum Gasteiger partial charge on any atom is -0.366 e. The van der Waals surface area contributed by atoms with Crippen LogP contribution in [0.5, 0.6) is 0 Å². The summed E-state index contributed by atoms with van der Waals surface area (Å²) in [6, 6.07) is 20.3. The summed E-state index contributed by atoms with van der Waals surface area (Å²) in [6.07, 6.45) is 2.64. The van der Waals surface area contributed by atoms with Crippen molar-refractivity contribution in [3.8, 4) is 6.07 Å².